The number of nitriles is 1. The van der Waals surface area contributed by atoms with Gasteiger partial charge in [-0.1, -0.05) is 17.7 Å². The first-order chi connectivity index (χ1) is 6.69. The molecule has 1 rings (SSSR count). The molecule has 0 aliphatic carbocycles. The molecule has 1 atom stereocenters. The fraction of sp³-hybridized carbons (Fsp3) is 0.300. The Balaban J connectivity index is 2.91. The zero-order chi connectivity index (χ0) is 10.6. The van der Waals surface area contributed by atoms with E-state index in [2.05, 4.69) is 0 Å². The van der Waals surface area contributed by atoms with Crippen molar-refractivity contribution in [2.75, 3.05) is 6.54 Å². The minimum atomic E-state index is -0.385. The lowest BCUT2D eigenvalue weighted by atomic mass is 10.0. The lowest BCUT2D eigenvalue weighted by molar-refractivity contribution is 0.584. The van der Waals surface area contributed by atoms with Gasteiger partial charge in [-0.25, -0.2) is 4.39 Å². The fourth-order valence-electron chi connectivity index (χ4n) is 1.16. The number of halogens is 2. The third kappa shape index (κ3) is 2.44. The van der Waals surface area contributed by atoms with Gasteiger partial charge in [0.25, 0.3) is 0 Å². The zero-order valence-electron chi connectivity index (χ0n) is 7.50. The van der Waals surface area contributed by atoms with E-state index >= 15 is 0 Å². The Morgan fingerprint density at radius 2 is 2.29 bits per heavy atom. The van der Waals surface area contributed by atoms with Crippen molar-refractivity contribution < 1.29 is 4.39 Å². The summed E-state index contributed by atoms with van der Waals surface area (Å²) in [6.07, 6.45) is 0.262. The topological polar surface area (TPSA) is 49.8 Å². The lowest BCUT2D eigenvalue weighted by Crippen LogP contribution is -2.15. The van der Waals surface area contributed by atoms with Crippen LogP contribution in [0.25, 0.3) is 0 Å². The van der Waals surface area contributed by atoms with E-state index in [-0.39, 0.29) is 24.7 Å². The number of benzene rings is 1. The van der Waals surface area contributed by atoms with Crippen molar-refractivity contribution in [2.24, 2.45) is 11.7 Å². The summed E-state index contributed by atoms with van der Waals surface area (Å²) in [5, 5.41) is 9.02. The predicted molar refractivity (Wildman–Crippen MR) is 53.3 cm³/mol. The summed E-state index contributed by atoms with van der Waals surface area (Å²) in [6.45, 7) is 0.209. The summed E-state index contributed by atoms with van der Waals surface area (Å²) in [5.41, 5.74) is 5.71. The molecule has 0 aromatic heterocycles. The maximum Gasteiger partial charge on any atom is 0.127 e. The van der Waals surface area contributed by atoms with Gasteiger partial charge in [-0.3, -0.25) is 0 Å². The third-order valence-corrected chi connectivity index (χ3v) is 2.33. The van der Waals surface area contributed by atoms with E-state index < -0.39 is 0 Å². The first-order valence-corrected chi connectivity index (χ1v) is 4.59. The lowest BCUT2D eigenvalue weighted by Gasteiger charge is -2.08. The summed E-state index contributed by atoms with van der Waals surface area (Å²) in [4.78, 5) is 0. The minimum Gasteiger partial charge on any atom is -0.329 e. The van der Waals surface area contributed by atoms with Crippen molar-refractivity contribution in [2.45, 2.75) is 6.42 Å². The van der Waals surface area contributed by atoms with Crippen molar-refractivity contribution in [3.8, 4) is 6.07 Å². The van der Waals surface area contributed by atoms with Gasteiger partial charge >= 0.3 is 0 Å². The maximum absolute atomic E-state index is 13.2. The van der Waals surface area contributed by atoms with Gasteiger partial charge in [0, 0.05) is 17.1 Å². The molecule has 0 saturated carbocycles. The van der Waals surface area contributed by atoms with Crippen LogP contribution in [-0.2, 0) is 6.42 Å². The smallest absolute Gasteiger partial charge is 0.127 e. The molecule has 0 amide bonds. The SMILES string of the molecule is N#CC(CN)Cc1c(F)cccc1Cl. The number of hydrogen-bond donors (Lipinski definition) is 1. The number of hydrogen-bond acceptors (Lipinski definition) is 2. The molecule has 0 aliphatic heterocycles. The standard InChI is InChI=1S/C10H10ClFN2/c11-9-2-1-3-10(12)8(9)4-7(5-13)6-14/h1-3,7H,4-5,13H2. The Morgan fingerprint density at radius 3 is 2.79 bits per heavy atom. The van der Waals surface area contributed by atoms with Crippen LogP contribution >= 0.6 is 11.6 Å². The molecule has 74 valence electrons. The van der Waals surface area contributed by atoms with Crippen LogP contribution in [0.1, 0.15) is 5.56 Å². The molecule has 2 nitrogen and oxygen atoms in total. The van der Waals surface area contributed by atoms with Gasteiger partial charge in [0.1, 0.15) is 5.82 Å². The monoisotopic (exact) mass is 212 g/mol. The summed E-state index contributed by atoms with van der Waals surface area (Å²) in [5.74, 6) is -0.768. The Labute approximate surface area is 87.1 Å². The van der Waals surface area contributed by atoms with Gasteiger partial charge in [-0.2, -0.15) is 5.26 Å². The molecule has 1 aromatic carbocycles. The minimum absolute atomic E-state index is 0.209. The van der Waals surface area contributed by atoms with Crippen LogP contribution < -0.4 is 5.73 Å². The fourth-order valence-corrected chi connectivity index (χ4v) is 1.40. The molecule has 14 heavy (non-hydrogen) atoms. The second-order valence-electron chi connectivity index (χ2n) is 2.97. The van der Waals surface area contributed by atoms with Crippen LogP contribution in [-0.4, -0.2) is 6.54 Å². The van der Waals surface area contributed by atoms with Crippen LogP contribution in [0.3, 0.4) is 0 Å². The molecular weight excluding hydrogens is 203 g/mol. The first kappa shape index (κ1) is 11.0. The van der Waals surface area contributed by atoms with Gasteiger partial charge in [-0.05, 0) is 18.6 Å². The molecule has 0 heterocycles. The van der Waals surface area contributed by atoms with Gasteiger partial charge in [-0.15, -0.1) is 0 Å². The number of rotatable bonds is 3. The summed E-state index contributed by atoms with van der Waals surface area (Å²) < 4.78 is 13.2. The van der Waals surface area contributed by atoms with Crippen molar-refractivity contribution in [3.63, 3.8) is 0 Å². The average molecular weight is 213 g/mol. The van der Waals surface area contributed by atoms with Gasteiger partial charge < -0.3 is 5.73 Å². The molecule has 0 spiro atoms. The molecule has 0 aliphatic rings. The largest absolute Gasteiger partial charge is 0.329 e. The highest BCUT2D eigenvalue weighted by atomic mass is 35.5. The van der Waals surface area contributed by atoms with Crippen LogP contribution in [0.5, 0.6) is 0 Å². The van der Waals surface area contributed by atoms with E-state index in [0.717, 1.165) is 0 Å². The molecule has 1 unspecified atom stereocenters. The Morgan fingerprint density at radius 1 is 1.57 bits per heavy atom. The molecule has 2 N–H and O–H groups in total. The number of nitrogens with zero attached hydrogens (tertiary/aromatic N) is 1. The van der Waals surface area contributed by atoms with Crippen LogP contribution in [0.4, 0.5) is 4.39 Å². The van der Waals surface area contributed by atoms with Crippen LogP contribution in [0.2, 0.25) is 5.02 Å². The first-order valence-electron chi connectivity index (χ1n) is 4.21. The van der Waals surface area contributed by atoms with Crippen molar-refractivity contribution >= 4 is 11.6 Å². The van der Waals surface area contributed by atoms with E-state index in [1.165, 1.54) is 12.1 Å². The maximum atomic E-state index is 13.2. The summed E-state index contributed by atoms with van der Waals surface area (Å²) >= 11 is 5.80. The Bertz CT molecular complexity index is 339. The second kappa shape index (κ2) is 4.94. The highest BCUT2D eigenvalue weighted by Gasteiger charge is 2.12. The molecule has 0 fully saturated rings. The summed E-state index contributed by atoms with van der Waals surface area (Å²) in [6, 6.07) is 6.46. The van der Waals surface area contributed by atoms with Gasteiger partial charge in [0.05, 0.1) is 12.0 Å². The van der Waals surface area contributed by atoms with Crippen molar-refractivity contribution in [1.82, 2.24) is 0 Å². The van der Waals surface area contributed by atoms with Crippen LogP contribution in [0, 0.1) is 23.1 Å². The molecule has 0 saturated heterocycles. The van der Waals surface area contributed by atoms with E-state index in [0.29, 0.717) is 10.6 Å². The highest BCUT2D eigenvalue weighted by molar-refractivity contribution is 6.31. The van der Waals surface area contributed by atoms with E-state index in [1.807, 2.05) is 6.07 Å². The second-order valence-corrected chi connectivity index (χ2v) is 3.37. The molecule has 0 bridgehead atoms. The third-order valence-electron chi connectivity index (χ3n) is 1.98. The van der Waals surface area contributed by atoms with Crippen molar-refractivity contribution in [3.05, 3.63) is 34.6 Å². The van der Waals surface area contributed by atoms with E-state index in [1.54, 1.807) is 6.07 Å². The van der Waals surface area contributed by atoms with Crippen LogP contribution in [0.15, 0.2) is 18.2 Å². The quantitative estimate of drug-likeness (QED) is 0.835. The van der Waals surface area contributed by atoms with E-state index in [4.69, 9.17) is 22.6 Å². The summed E-state index contributed by atoms with van der Waals surface area (Å²) in [7, 11) is 0. The zero-order valence-corrected chi connectivity index (χ0v) is 8.26. The molecule has 0 radical (unpaired) electrons. The Kier molecular flexibility index (Phi) is 3.87. The van der Waals surface area contributed by atoms with Gasteiger partial charge in [0.2, 0.25) is 0 Å². The predicted octanol–water partition coefficient (Wildman–Crippen LogP) is 2.12. The molecule has 4 heteroatoms. The molecule has 1 aromatic rings. The number of nitrogens with two attached hydrogens (primary N) is 1. The molecular formula is C10H10ClFN2. The van der Waals surface area contributed by atoms with E-state index in [9.17, 15) is 4.39 Å². The van der Waals surface area contributed by atoms with Crippen molar-refractivity contribution in [1.29, 1.82) is 5.26 Å². The normalized spacial score (nSPS) is 12.1. The Hall–Kier alpha value is -1.11. The van der Waals surface area contributed by atoms with Gasteiger partial charge in [0.15, 0.2) is 0 Å². The average Bonchev–Trinajstić information content (AvgIpc) is 2.18. The highest BCUT2D eigenvalue weighted by Crippen LogP contribution is 2.21.